The van der Waals surface area contributed by atoms with Gasteiger partial charge in [0.25, 0.3) is 5.91 Å². The number of carbonyl (C=O) groups excluding carboxylic acids is 2. The van der Waals surface area contributed by atoms with E-state index in [9.17, 15) is 14.0 Å². The van der Waals surface area contributed by atoms with Crippen LogP contribution in [0.15, 0.2) is 48.5 Å². The van der Waals surface area contributed by atoms with Gasteiger partial charge in [-0.15, -0.1) is 0 Å². The summed E-state index contributed by atoms with van der Waals surface area (Å²) in [5.74, 6) is -0.712. The normalized spacial score (nSPS) is 15.7. The van der Waals surface area contributed by atoms with Crippen LogP contribution in [0.3, 0.4) is 0 Å². The second-order valence-corrected chi connectivity index (χ2v) is 10.6. The smallest absolute Gasteiger partial charge is 0.273 e. The van der Waals surface area contributed by atoms with Gasteiger partial charge in [-0.25, -0.2) is 4.39 Å². The zero-order valence-electron chi connectivity index (χ0n) is 20.8. The number of aromatic nitrogens is 2. The van der Waals surface area contributed by atoms with Crippen molar-refractivity contribution < 1.29 is 14.0 Å². The zero-order valence-corrected chi connectivity index (χ0v) is 20.8. The van der Waals surface area contributed by atoms with Crippen LogP contribution in [0.25, 0.3) is 10.9 Å². The van der Waals surface area contributed by atoms with Gasteiger partial charge in [0.1, 0.15) is 17.4 Å². The van der Waals surface area contributed by atoms with E-state index < -0.39 is 23.2 Å². The predicted molar refractivity (Wildman–Crippen MR) is 135 cm³/mol. The molecule has 1 heterocycles. The van der Waals surface area contributed by atoms with E-state index in [1.165, 1.54) is 25.3 Å². The van der Waals surface area contributed by atoms with Gasteiger partial charge in [-0.3, -0.25) is 14.3 Å². The molecule has 6 nitrogen and oxygen atoms in total. The van der Waals surface area contributed by atoms with Crippen LogP contribution in [0.1, 0.15) is 68.9 Å². The Morgan fingerprint density at radius 1 is 1.06 bits per heavy atom. The first-order valence-electron chi connectivity index (χ1n) is 12.5. The van der Waals surface area contributed by atoms with E-state index >= 15 is 0 Å². The lowest BCUT2D eigenvalue weighted by Gasteiger charge is -2.30. The Morgan fingerprint density at radius 2 is 1.77 bits per heavy atom. The third kappa shape index (κ3) is 5.89. The maximum atomic E-state index is 14.9. The van der Waals surface area contributed by atoms with E-state index in [4.69, 9.17) is 0 Å². The first-order chi connectivity index (χ1) is 16.7. The zero-order chi connectivity index (χ0) is 25.0. The maximum absolute atomic E-state index is 14.9. The van der Waals surface area contributed by atoms with Crippen LogP contribution in [0.4, 0.5) is 4.39 Å². The van der Waals surface area contributed by atoms with Gasteiger partial charge in [-0.1, -0.05) is 82.5 Å². The van der Waals surface area contributed by atoms with Crippen LogP contribution in [0, 0.1) is 17.2 Å². The Hall–Kier alpha value is -3.22. The van der Waals surface area contributed by atoms with Crippen molar-refractivity contribution in [1.29, 1.82) is 0 Å². The fourth-order valence-corrected chi connectivity index (χ4v) is 4.87. The van der Waals surface area contributed by atoms with E-state index in [1.807, 2.05) is 51.1 Å². The molecule has 0 bridgehead atoms. The molecule has 1 saturated carbocycles. The molecular weight excluding hydrogens is 443 g/mol. The van der Waals surface area contributed by atoms with Crippen molar-refractivity contribution in [3.63, 3.8) is 0 Å². The summed E-state index contributed by atoms with van der Waals surface area (Å²) in [5.41, 5.74) is 0.939. The van der Waals surface area contributed by atoms with Crippen LogP contribution >= 0.6 is 0 Å². The van der Waals surface area contributed by atoms with Crippen LogP contribution in [0.5, 0.6) is 0 Å². The van der Waals surface area contributed by atoms with Gasteiger partial charge in [0.05, 0.1) is 0 Å². The second-order valence-electron chi connectivity index (χ2n) is 10.6. The van der Waals surface area contributed by atoms with Gasteiger partial charge in [0, 0.05) is 18.5 Å². The SMILES string of the molecule is CC(C)(C)[C@H](NC(=O)c1nn(CC2CCCCC2)c2c(F)cccc12)C(=O)NCc1ccccc1. The molecule has 186 valence electrons. The molecule has 0 spiro atoms. The van der Waals surface area contributed by atoms with Crippen LogP contribution in [-0.2, 0) is 17.9 Å². The molecule has 4 rings (SSSR count). The Morgan fingerprint density at radius 3 is 2.46 bits per heavy atom. The van der Waals surface area contributed by atoms with Crippen molar-refractivity contribution in [2.24, 2.45) is 11.3 Å². The number of nitrogens with zero attached hydrogens (tertiary/aromatic N) is 2. The predicted octanol–water partition coefficient (Wildman–Crippen LogP) is 5.22. The molecule has 7 heteroatoms. The summed E-state index contributed by atoms with van der Waals surface area (Å²) in [5, 5.41) is 10.9. The summed E-state index contributed by atoms with van der Waals surface area (Å²) in [6.45, 7) is 6.66. The van der Waals surface area contributed by atoms with E-state index in [0.717, 1.165) is 18.4 Å². The molecule has 2 N–H and O–H groups in total. The highest BCUT2D eigenvalue weighted by molar-refractivity contribution is 6.06. The molecule has 2 amide bonds. The third-order valence-electron chi connectivity index (χ3n) is 6.80. The molecule has 2 aromatic carbocycles. The highest BCUT2D eigenvalue weighted by atomic mass is 19.1. The van der Waals surface area contributed by atoms with Gasteiger partial charge in [0.15, 0.2) is 5.69 Å². The minimum atomic E-state index is -0.786. The number of benzene rings is 2. The molecule has 1 aromatic heterocycles. The molecule has 0 radical (unpaired) electrons. The van der Waals surface area contributed by atoms with Crippen molar-refractivity contribution in [2.45, 2.75) is 72.0 Å². The Kier molecular flexibility index (Phi) is 7.53. The fourth-order valence-electron chi connectivity index (χ4n) is 4.87. The quantitative estimate of drug-likeness (QED) is 0.489. The van der Waals surface area contributed by atoms with E-state index in [0.29, 0.717) is 29.9 Å². The van der Waals surface area contributed by atoms with Gasteiger partial charge >= 0.3 is 0 Å². The summed E-state index contributed by atoms with van der Waals surface area (Å²) in [6, 6.07) is 13.5. The third-order valence-corrected chi connectivity index (χ3v) is 6.80. The number of halogens is 1. The van der Waals surface area contributed by atoms with Crippen molar-refractivity contribution in [3.05, 3.63) is 65.6 Å². The lowest BCUT2D eigenvalue weighted by molar-refractivity contribution is -0.125. The molecule has 1 atom stereocenters. The minimum Gasteiger partial charge on any atom is -0.350 e. The standard InChI is InChI=1S/C28H35FN4O2/c1-28(2,3)25(27(35)30-17-19-11-6-4-7-12-19)31-26(34)23-21-15-10-16-22(29)24(21)33(32-23)18-20-13-8-5-9-14-20/h4,6-7,10-12,15-16,20,25H,5,8-9,13-14,17-18H2,1-3H3,(H,30,35)(H,31,34)/t25-/m1/s1. The fraction of sp³-hybridized carbons (Fsp3) is 0.464. The van der Waals surface area contributed by atoms with Crippen LogP contribution in [0.2, 0.25) is 0 Å². The Bertz CT molecular complexity index is 1180. The molecule has 35 heavy (non-hydrogen) atoms. The molecular formula is C28H35FN4O2. The maximum Gasteiger partial charge on any atom is 0.273 e. The van der Waals surface area contributed by atoms with Crippen LogP contribution < -0.4 is 10.6 Å². The summed E-state index contributed by atoms with van der Waals surface area (Å²) < 4.78 is 16.5. The van der Waals surface area contributed by atoms with E-state index in [2.05, 4.69) is 15.7 Å². The van der Waals surface area contributed by atoms with Crippen molar-refractivity contribution in [3.8, 4) is 0 Å². The number of amides is 2. The van der Waals surface area contributed by atoms with Gasteiger partial charge in [-0.2, -0.15) is 5.10 Å². The van der Waals surface area contributed by atoms with E-state index in [-0.39, 0.29) is 11.6 Å². The highest BCUT2D eigenvalue weighted by Crippen LogP contribution is 2.29. The summed E-state index contributed by atoms with van der Waals surface area (Å²) >= 11 is 0. The van der Waals surface area contributed by atoms with Crippen molar-refractivity contribution >= 4 is 22.7 Å². The number of para-hydroxylation sites is 1. The first kappa shape index (κ1) is 24.9. The molecule has 0 aliphatic heterocycles. The highest BCUT2D eigenvalue weighted by Gasteiger charge is 2.34. The van der Waals surface area contributed by atoms with Gasteiger partial charge in [0.2, 0.25) is 5.91 Å². The first-order valence-corrected chi connectivity index (χ1v) is 12.5. The molecule has 0 saturated heterocycles. The molecule has 1 fully saturated rings. The summed E-state index contributed by atoms with van der Waals surface area (Å²) in [7, 11) is 0. The van der Waals surface area contributed by atoms with Crippen LogP contribution in [-0.4, -0.2) is 27.6 Å². The number of fused-ring (bicyclic) bond motifs is 1. The van der Waals surface area contributed by atoms with Crippen molar-refractivity contribution in [2.75, 3.05) is 0 Å². The summed E-state index contributed by atoms with van der Waals surface area (Å²) in [6.07, 6.45) is 5.75. The van der Waals surface area contributed by atoms with E-state index in [1.54, 1.807) is 16.8 Å². The number of carbonyl (C=O) groups is 2. The average molecular weight is 479 g/mol. The Balaban J connectivity index is 1.56. The van der Waals surface area contributed by atoms with Crippen molar-refractivity contribution in [1.82, 2.24) is 20.4 Å². The number of hydrogen-bond donors (Lipinski definition) is 2. The second kappa shape index (κ2) is 10.6. The molecule has 3 aromatic rings. The minimum absolute atomic E-state index is 0.153. The largest absolute Gasteiger partial charge is 0.350 e. The molecule has 1 aliphatic carbocycles. The number of hydrogen-bond acceptors (Lipinski definition) is 3. The van der Waals surface area contributed by atoms with Gasteiger partial charge in [-0.05, 0) is 35.8 Å². The summed E-state index contributed by atoms with van der Waals surface area (Å²) in [4.78, 5) is 26.5. The average Bonchev–Trinajstić information content (AvgIpc) is 3.21. The topological polar surface area (TPSA) is 76.0 Å². The lowest BCUT2D eigenvalue weighted by atomic mass is 9.86. The Labute approximate surface area is 206 Å². The van der Waals surface area contributed by atoms with Gasteiger partial charge < -0.3 is 10.6 Å². The lowest BCUT2D eigenvalue weighted by Crippen LogP contribution is -2.53. The molecule has 1 aliphatic rings. The number of rotatable bonds is 7. The monoisotopic (exact) mass is 478 g/mol. The number of nitrogens with one attached hydrogen (secondary N) is 2. The molecule has 0 unspecified atom stereocenters.